The first kappa shape index (κ1) is 18.5. The fraction of sp³-hybridized carbons (Fsp3) is 0.579. The Morgan fingerprint density at radius 3 is 2.38 bits per heavy atom. The fourth-order valence-electron chi connectivity index (χ4n) is 3.12. The Labute approximate surface area is 143 Å². The molecule has 0 bridgehead atoms. The molecule has 0 saturated heterocycles. The number of benzene rings is 1. The number of carbonyl (C=O) groups is 2. The molecule has 1 unspecified atom stereocenters. The van der Waals surface area contributed by atoms with E-state index >= 15 is 0 Å². The van der Waals surface area contributed by atoms with E-state index in [1.807, 2.05) is 6.07 Å². The van der Waals surface area contributed by atoms with E-state index in [0.29, 0.717) is 12.1 Å². The quantitative estimate of drug-likeness (QED) is 0.700. The largest absolute Gasteiger partial charge is 0.388 e. The predicted octanol–water partition coefficient (Wildman–Crippen LogP) is 2.40. The zero-order valence-corrected chi connectivity index (χ0v) is 14.4. The highest BCUT2D eigenvalue weighted by molar-refractivity contribution is 5.94. The van der Waals surface area contributed by atoms with Gasteiger partial charge in [0, 0.05) is 24.6 Å². The molecular formula is C19H28N2O3. The van der Waals surface area contributed by atoms with Gasteiger partial charge in [0.25, 0.3) is 5.91 Å². The van der Waals surface area contributed by atoms with E-state index in [1.54, 1.807) is 31.2 Å². The molecule has 0 aliphatic heterocycles. The van der Waals surface area contributed by atoms with Crippen LogP contribution in [0.25, 0.3) is 0 Å². The van der Waals surface area contributed by atoms with E-state index < -0.39 is 5.60 Å². The van der Waals surface area contributed by atoms with Gasteiger partial charge >= 0.3 is 0 Å². The molecule has 1 fully saturated rings. The van der Waals surface area contributed by atoms with Gasteiger partial charge in [-0.25, -0.2) is 0 Å². The van der Waals surface area contributed by atoms with E-state index in [-0.39, 0.29) is 24.3 Å². The second-order valence-corrected chi connectivity index (χ2v) is 6.86. The van der Waals surface area contributed by atoms with Gasteiger partial charge in [-0.2, -0.15) is 0 Å². The average Bonchev–Trinajstić information content (AvgIpc) is 2.79. The number of hydrogen-bond donors (Lipinski definition) is 3. The summed E-state index contributed by atoms with van der Waals surface area (Å²) in [5.41, 5.74) is -0.194. The van der Waals surface area contributed by atoms with Crippen LogP contribution >= 0.6 is 0 Å². The third-order valence-electron chi connectivity index (χ3n) is 4.55. The molecule has 2 rings (SSSR count). The van der Waals surface area contributed by atoms with Crippen LogP contribution in [0.1, 0.15) is 62.2 Å². The molecule has 1 aromatic rings. The topological polar surface area (TPSA) is 78.4 Å². The SMILES string of the molecule is CC(CC(=O)NCC1(O)CCCCCC1)NC(=O)c1ccccc1. The number of nitrogens with one attached hydrogen (secondary N) is 2. The minimum absolute atomic E-state index is 0.145. The first-order valence-electron chi connectivity index (χ1n) is 8.83. The van der Waals surface area contributed by atoms with Gasteiger partial charge in [-0.3, -0.25) is 9.59 Å². The van der Waals surface area contributed by atoms with Gasteiger partial charge < -0.3 is 15.7 Å². The highest BCUT2D eigenvalue weighted by atomic mass is 16.3. The number of rotatable bonds is 6. The Kier molecular flexibility index (Phi) is 6.79. The molecule has 1 aliphatic rings. The molecule has 1 aromatic carbocycles. The van der Waals surface area contributed by atoms with Crippen LogP contribution in [0.15, 0.2) is 30.3 Å². The molecule has 0 spiro atoms. The van der Waals surface area contributed by atoms with Crippen LogP contribution in [0.3, 0.4) is 0 Å². The van der Waals surface area contributed by atoms with Crippen LogP contribution in [-0.4, -0.2) is 35.1 Å². The summed E-state index contributed by atoms with van der Waals surface area (Å²) >= 11 is 0. The second-order valence-electron chi connectivity index (χ2n) is 6.86. The lowest BCUT2D eigenvalue weighted by Crippen LogP contribution is -2.44. The highest BCUT2D eigenvalue weighted by Crippen LogP contribution is 2.26. The molecule has 5 heteroatoms. The van der Waals surface area contributed by atoms with E-state index in [9.17, 15) is 14.7 Å². The van der Waals surface area contributed by atoms with Crippen LogP contribution in [0.2, 0.25) is 0 Å². The smallest absolute Gasteiger partial charge is 0.251 e. The molecule has 0 heterocycles. The van der Waals surface area contributed by atoms with Gasteiger partial charge in [-0.1, -0.05) is 43.9 Å². The zero-order chi connectivity index (χ0) is 17.4. The van der Waals surface area contributed by atoms with Gasteiger partial charge in [0.05, 0.1) is 5.60 Å². The highest BCUT2D eigenvalue weighted by Gasteiger charge is 2.28. The van der Waals surface area contributed by atoms with Crippen molar-refractivity contribution in [1.82, 2.24) is 10.6 Å². The monoisotopic (exact) mass is 332 g/mol. The van der Waals surface area contributed by atoms with Crippen molar-refractivity contribution < 1.29 is 14.7 Å². The summed E-state index contributed by atoms with van der Waals surface area (Å²) in [6.45, 7) is 2.10. The van der Waals surface area contributed by atoms with Crippen molar-refractivity contribution in [3.63, 3.8) is 0 Å². The maximum atomic E-state index is 12.1. The molecule has 3 N–H and O–H groups in total. The Morgan fingerprint density at radius 1 is 1.12 bits per heavy atom. The van der Waals surface area contributed by atoms with Gasteiger partial charge in [-0.05, 0) is 31.9 Å². The van der Waals surface area contributed by atoms with Crippen molar-refractivity contribution in [2.45, 2.75) is 63.5 Å². The molecule has 0 aromatic heterocycles. The van der Waals surface area contributed by atoms with Crippen LogP contribution in [0, 0.1) is 0 Å². The van der Waals surface area contributed by atoms with Crippen LogP contribution in [0.4, 0.5) is 0 Å². The van der Waals surface area contributed by atoms with Crippen molar-refractivity contribution in [1.29, 1.82) is 0 Å². The minimum Gasteiger partial charge on any atom is -0.388 e. The van der Waals surface area contributed by atoms with Crippen molar-refractivity contribution in [2.75, 3.05) is 6.54 Å². The molecule has 2 amide bonds. The first-order chi connectivity index (χ1) is 11.5. The Bertz CT molecular complexity index is 537. The summed E-state index contributed by atoms with van der Waals surface area (Å²) in [5, 5.41) is 16.2. The summed E-state index contributed by atoms with van der Waals surface area (Å²) in [7, 11) is 0. The molecule has 24 heavy (non-hydrogen) atoms. The third-order valence-corrected chi connectivity index (χ3v) is 4.55. The summed E-state index contributed by atoms with van der Waals surface area (Å²) in [6, 6.07) is 8.68. The average molecular weight is 332 g/mol. The number of carbonyl (C=O) groups excluding carboxylic acids is 2. The summed E-state index contributed by atoms with van der Waals surface area (Å²) in [5.74, 6) is -0.327. The van der Waals surface area contributed by atoms with Crippen LogP contribution in [0.5, 0.6) is 0 Å². The second kappa shape index (κ2) is 8.83. The lowest BCUT2D eigenvalue weighted by Gasteiger charge is -2.27. The molecular weight excluding hydrogens is 304 g/mol. The first-order valence-corrected chi connectivity index (χ1v) is 8.83. The fourth-order valence-corrected chi connectivity index (χ4v) is 3.12. The van der Waals surface area contributed by atoms with E-state index in [1.165, 1.54) is 0 Å². The molecule has 1 aliphatic carbocycles. The Morgan fingerprint density at radius 2 is 1.75 bits per heavy atom. The van der Waals surface area contributed by atoms with Crippen LogP contribution in [-0.2, 0) is 4.79 Å². The normalized spacial score (nSPS) is 18.2. The Hall–Kier alpha value is -1.88. The summed E-state index contributed by atoms with van der Waals surface area (Å²) in [4.78, 5) is 24.1. The summed E-state index contributed by atoms with van der Waals surface area (Å²) in [6.07, 6.45) is 6.01. The van der Waals surface area contributed by atoms with E-state index in [0.717, 1.165) is 38.5 Å². The maximum absolute atomic E-state index is 12.1. The maximum Gasteiger partial charge on any atom is 0.251 e. The van der Waals surface area contributed by atoms with E-state index in [4.69, 9.17) is 0 Å². The summed E-state index contributed by atoms with van der Waals surface area (Å²) < 4.78 is 0. The van der Waals surface area contributed by atoms with E-state index in [2.05, 4.69) is 10.6 Å². The number of hydrogen-bond acceptors (Lipinski definition) is 3. The van der Waals surface area contributed by atoms with Gasteiger partial charge in [-0.15, -0.1) is 0 Å². The molecule has 1 saturated carbocycles. The molecule has 132 valence electrons. The van der Waals surface area contributed by atoms with Crippen molar-refractivity contribution in [3.05, 3.63) is 35.9 Å². The molecule has 1 atom stereocenters. The van der Waals surface area contributed by atoms with Crippen molar-refractivity contribution in [3.8, 4) is 0 Å². The van der Waals surface area contributed by atoms with Crippen molar-refractivity contribution >= 4 is 11.8 Å². The predicted molar refractivity (Wildman–Crippen MR) is 93.6 cm³/mol. The van der Waals surface area contributed by atoms with Gasteiger partial charge in [0.1, 0.15) is 0 Å². The van der Waals surface area contributed by atoms with Crippen LogP contribution < -0.4 is 10.6 Å². The van der Waals surface area contributed by atoms with Crippen molar-refractivity contribution in [2.24, 2.45) is 0 Å². The van der Waals surface area contributed by atoms with Gasteiger partial charge in [0.2, 0.25) is 5.91 Å². The lowest BCUT2D eigenvalue weighted by atomic mass is 9.94. The standard InChI is InChI=1S/C19H28N2O3/c1-15(21-18(23)16-9-5-4-6-10-16)13-17(22)20-14-19(24)11-7-2-3-8-12-19/h4-6,9-10,15,24H,2-3,7-8,11-14H2,1H3,(H,20,22)(H,21,23). The number of aliphatic hydroxyl groups is 1. The Balaban J connectivity index is 1.74. The molecule has 5 nitrogen and oxygen atoms in total. The zero-order valence-electron chi connectivity index (χ0n) is 14.4. The molecule has 0 radical (unpaired) electrons. The lowest BCUT2D eigenvalue weighted by molar-refractivity contribution is -0.122. The number of amides is 2. The third kappa shape index (κ3) is 5.96. The minimum atomic E-state index is -0.775. The van der Waals surface area contributed by atoms with Gasteiger partial charge in [0.15, 0.2) is 0 Å².